The molecule has 5 heteroatoms. The zero-order valence-electron chi connectivity index (χ0n) is 8.40. The first-order valence-electron chi connectivity index (χ1n) is 4.20. The first-order valence-corrected chi connectivity index (χ1v) is 6.51. The summed E-state index contributed by atoms with van der Waals surface area (Å²) < 4.78 is 26.8. The second-order valence-corrected chi connectivity index (χ2v) is 5.70. The SMILES string of the molecule is COc1ccc(/C=C(\C)S(=O)(=O)Cl)cc1. The zero-order valence-corrected chi connectivity index (χ0v) is 9.97. The van der Waals surface area contributed by atoms with E-state index in [1.165, 1.54) is 13.0 Å². The molecule has 0 aliphatic rings. The molecule has 0 N–H and O–H groups in total. The Kier molecular flexibility index (Phi) is 3.77. The van der Waals surface area contributed by atoms with Crippen LogP contribution in [-0.4, -0.2) is 15.5 Å². The highest BCUT2D eigenvalue weighted by atomic mass is 35.7. The van der Waals surface area contributed by atoms with Crippen LogP contribution in [0.1, 0.15) is 12.5 Å². The molecule has 1 aromatic carbocycles. The van der Waals surface area contributed by atoms with Crippen molar-refractivity contribution in [3.63, 3.8) is 0 Å². The van der Waals surface area contributed by atoms with Crippen LogP contribution in [0.5, 0.6) is 5.75 Å². The number of hydrogen-bond acceptors (Lipinski definition) is 3. The number of hydrogen-bond donors (Lipinski definition) is 0. The molecule has 3 nitrogen and oxygen atoms in total. The van der Waals surface area contributed by atoms with E-state index in [9.17, 15) is 8.42 Å². The molecule has 0 aliphatic carbocycles. The van der Waals surface area contributed by atoms with Crippen LogP contribution >= 0.6 is 10.7 Å². The van der Waals surface area contributed by atoms with Gasteiger partial charge in [0.05, 0.1) is 12.0 Å². The fraction of sp³-hybridized carbons (Fsp3) is 0.200. The third-order valence-corrected chi connectivity index (χ3v) is 3.49. The van der Waals surface area contributed by atoms with Gasteiger partial charge >= 0.3 is 0 Å². The lowest BCUT2D eigenvalue weighted by Gasteiger charge is -2.00. The van der Waals surface area contributed by atoms with Gasteiger partial charge in [-0.2, -0.15) is 0 Å². The van der Waals surface area contributed by atoms with Crippen molar-refractivity contribution in [3.05, 3.63) is 34.7 Å². The highest BCUT2D eigenvalue weighted by Gasteiger charge is 2.07. The fourth-order valence-electron chi connectivity index (χ4n) is 1.01. The van der Waals surface area contributed by atoms with Gasteiger partial charge in [-0.15, -0.1) is 0 Å². The Morgan fingerprint density at radius 1 is 1.33 bits per heavy atom. The Bertz CT molecular complexity index is 460. The Balaban J connectivity index is 3.00. The van der Waals surface area contributed by atoms with Gasteiger partial charge in [0.15, 0.2) is 0 Å². The third kappa shape index (κ3) is 3.57. The number of halogens is 1. The van der Waals surface area contributed by atoms with Gasteiger partial charge in [-0.3, -0.25) is 0 Å². The fourth-order valence-corrected chi connectivity index (χ4v) is 1.42. The first kappa shape index (κ1) is 12.1. The summed E-state index contributed by atoms with van der Waals surface area (Å²) in [6.07, 6.45) is 1.50. The summed E-state index contributed by atoms with van der Waals surface area (Å²) in [6.45, 7) is 1.45. The molecule has 0 saturated heterocycles. The Hall–Kier alpha value is -1.00. The van der Waals surface area contributed by atoms with E-state index in [2.05, 4.69) is 0 Å². The second kappa shape index (κ2) is 4.68. The van der Waals surface area contributed by atoms with Crippen LogP contribution in [0.15, 0.2) is 29.2 Å². The van der Waals surface area contributed by atoms with Crippen molar-refractivity contribution < 1.29 is 13.2 Å². The maximum absolute atomic E-state index is 10.9. The van der Waals surface area contributed by atoms with Gasteiger partial charge < -0.3 is 4.74 Å². The summed E-state index contributed by atoms with van der Waals surface area (Å²) in [7, 11) is 3.13. The minimum atomic E-state index is -3.61. The molecule has 0 bridgehead atoms. The molecule has 0 heterocycles. The van der Waals surface area contributed by atoms with Crippen molar-refractivity contribution in [2.75, 3.05) is 7.11 Å². The van der Waals surface area contributed by atoms with E-state index in [0.717, 1.165) is 11.3 Å². The molecule has 0 aromatic heterocycles. The standard InChI is InChI=1S/C10H11ClO3S/c1-8(15(11,12)13)7-9-3-5-10(14-2)6-4-9/h3-7H,1-2H3/b8-7+. The number of ether oxygens (including phenoxy) is 1. The van der Waals surface area contributed by atoms with Crippen molar-refractivity contribution in [2.24, 2.45) is 0 Å². The average molecular weight is 247 g/mol. The highest BCUT2D eigenvalue weighted by molar-refractivity contribution is 8.16. The lowest BCUT2D eigenvalue weighted by atomic mass is 10.2. The Labute approximate surface area is 93.7 Å². The minimum absolute atomic E-state index is 0.120. The van der Waals surface area contributed by atoms with Crippen LogP contribution < -0.4 is 4.74 Å². The summed E-state index contributed by atoms with van der Waals surface area (Å²) in [5.74, 6) is 0.721. The van der Waals surface area contributed by atoms with E-state index in [4.69, 9.17) is 15.4 Å². The van der Waals surface area contributed by atoms with Crippen LogP contribution in [-0.2, 0) is 9.05 Å². The van der Waals surface area contributed by atoms with Crippen LogP contribution in [0.3, 0.4) is 0 Å². The number of methoxy groups -OCH3 is 1. The van der Waals surface area contributed by atoms with Crippen LogP contribution in [0, 0.1) is 0 Å². The molecule has 0 radical (unpaired) electrons. The van der Waals surface area contributed by atoms with Gasteiger partial charge in [-0.25, -0.2) is 8.42 Å². The molecular formula is C10H11ClO3S. The molecule has 0 spiro atoms. The molecular weight excluding hydrogens is 236 g/mol. The lowest BCUT2D eigenvalue weighted by Crippen LogP contribution is -1.89. The van der Waals surface area contributed by atoms with E-state index < -0.39 is 9.05 Å². The third-order valence-electron chi connectivity index (χ3n) is 1.87. The number of benzene rings is 1. The maximum atomic E-state index is 10.9. The predicted molar refractivity (Wildman–Crippen MR) is 61.4 cm³/mol. The summed E-state index contributed by atoms with van der Waals surface area (Å²) in [6, 6.07) is 7.01. The molecule has 0 fully saturated rings. The van der Waals surface area contributed by atoms with Crippen molar-refractivity contribution >= 4 is 25.8 Å². The first-order chi connectivity index (χ1) is 6.93. The summed E-state index contributed by atoms with van der Waals surface area (Å²) in [4.78, 5) is 0.120. The predicted octanol–water partition coefficient (Wildman–Crippen LogP) is 2.62. The normalized spacial score (nSPS) is 12.6. The molecule has 1 aromatic rings. The van der Waals surface area contributed by atoms with Crippen molar-refractivity contribution in [3.8, 4) is 5.75 Å². The van der Waals surface area contributed by atoms with Crippen molar-refractivity contribution in [2.45, 2.75) is 6.92 Å². The highest BCUT2D eigenvalue weighted by Crippen LogP contribution is 2.17. The van der Waals surface area contributed by atoms with Crippen LogP contribution in [0.25, 0.3) is 6.08 Å². The van der Waals surface area contributed by atoms with E-state index in [-0.39, 0.29) is 4.91 Å². The molecule has 0 unspecified atom stereocenters. The molecule has 0 amide bonds. The molecule has 0 atom stereocenters. The van der Waals surface area contributed by atoms with E-state index in [0.29, 0.717) is 0 Å². The maximum Gasteiger partial charge on any atom is 0.257 e. The van der Waals surface area contributed by atoms with Crippen molar-refractivity contribution in [1.29, 1.82) is 0 Å². The lowest BCUT2D eigenvalue weighted by molar-refractivity contribution is 0.415. The summed E-state index contributed by atoms with van der Waals surface area (Å²) in [5, 5.41) is 0. The smallest absolute Gasteiger partial charge is 0.257 e. The van der Waals surface area contributed by atoms with Gasteiger partial charge in [0.25, 0.3) is 9.05 Å². The largest absolute Gasteiger partial charge is 0.497 e. The monoisotopic (exact) mass is 246 g/mol. The average Bonchev–Trinajstić information content (AvgIpc) is 2.17. The van der Waals surface area contributed by atoms with Crippen LogP contribution in [0.4, 0.5) is 0 Å². The van der Waals surface area contributed by atoms with Crippen LogP contribution in [0.2, 0.25) is 0 Å². The quantitative estimate of drug-likeness (QED) is 0.770. The van der Waals surface area contributed by atoms with Gasteiger partial charge in [-0.05, 0) is 30.7 Å². The minimum Gasteiger partial charge on any atom is -0.497 e. The van der Waals surface area contributed by atoms with Gasteiger partial charge in [0, 0.05) is 10.7 Å². The van der Waals surface area contributed by atoms with E-state index in [1.54, 1.807) is 31.4 Å². The topological polar surface area (TPSA) is 43.4 Å². The molecule has 0 aliphatic heterocycles. The van der Waals surface area contributed by atoms with E-state index in [1.807, 2.05) is 0 Å². The summed E-state index contributed by atoms with van der Waals surface area (Å²) >= 11 is 0. The van der Waals surface area contributed by atoms with Gasteiger partial charge in [-0.1, -0.05) is 12.1 Å². The molecule has 1 rings (SSSR count). The Morgan fingerprint density at radius 2 is 1.87 bits per heavy atom. The van der Waals surface area contributed by atoms with E-state index >= 15 is 0 Å². The Morgan fingerprint density at radius 3 is 2.27 bits per heavy atom. The molecule has 0 saturated carbocycles. The van der Waals surface area contributed by atoms with Gasteiger partial charge in [0.1, 0.15) is 5.75 Å². The molecule has 82 valence electrons. The number of rotatable bonds is 3. The summed E-state index contributed by atoms with van der Waals surface area (Å²) in [5.41, 5.74) is 0.762. The van der Waals surface area contributed by atoms with Gasteiger partial charge in [0.2, 0.25) is 0 Å². The molecule has 15 heavy (non-hydrogen) atoms. The zero-order chi connectivity index (χ0) is 11.5. The number of allylic oxidation sites excluding steroid dienone is 1. The van der Waals surface area contributed by atoms with Crippen molar-refractivity contribution in [1.82, 2.24) is 0 Å². The second-order valence-electron chi connectivity index (χ2n) is 2.97.